The minimum absolute atomic E-state index is 0.147. The maximum atomic E-state index is 12.0. The number of carboxylic acid groups (broad SMARTS) is 1. The van der Waals surface area contributed by atoms with E-state index in [1.807, 2.05) is 12.3 Å². The third kappa shape index (κ3) is 2.95. The SMILES string of the molecule is CCNC(=O)c1c([Si](C)(C)C)csc1C(=O)O. The Kier molecular flexibility index (Phi) is 4.10. The number of thiophene rings is 1. The molecule has 0 fully saturated rings. The smallest absolute Gasteiger partial charge is 0.346 e. The van der Waals surface area contributed by atoms with E-state index in [4.69, 9.17) is 5.11 Å². The number of amides is 1. The average molecular weight is 271 g/mol. The number of rotatable bonds is 4. The van der Waals surface area contributed by atoms with Gasteiger partial charge in [0.15, 0.2) is 0 Å². The predicted molar refractivity (Wildman–Crippen MR) is 72.3 cm³/mol. The summed E-state index contributed by atoms with van der Waals surface area (Å²) in [5, 5.41) is 14.5. The molecular formula is C11H17NO3SSi. The first-order valence-corrected chi connectivity index (χ1v) is 9.80. The fraction of sp³-hybridized carbons (Fsp3) is 0.455. The Labute approximate surface area is 106 Å². The van der Waals surface area contributed by atoms with Crippen molar-refractivity contribution in [1.82, 2.24) is 5.32 Å². The van der Waals surface area contributed by atoms with Crippen LogP contribution in [0.2, 0.25) is 19.6 Å². The van der Waals surface area contributed by atoms with Gasteiger partial charge in [-0.15, -0.1) is 11.3 Å². The van der Waals surface area contributed by atoms with Gasteiger partial charge in [0.1, 0.15) is 4.88 Å². The summed E-state index contributed by atoms with van der Waals surface area (Å²) < 4.78 is 0. The van der Waals surface area contributed by atoms with Crippen LogP contribution in [0.15, 0.2) is 5.38 Å². The second-order valence-electron chi connectivity index (χ2n) is 4.77. The fourth-order valence-electron chi connectivity index (χ4n) is 1.54. The van der Waals surface area contributed by atoms with Crippen molar-refractivity contribution in [2.45, 2.75) is 26.6 Å². The van der Waals surface area contributed by atoms with Crippen LogP contribution in [-0.2, 0) is 0 Å². The van der Waals surface area contributed by atoms with Crippen molar-refractivity contribution in [3.63, 3.8) is 0 Å². The Morgan fingerprint density at radius 2 is 2.00 bits per heavy atom. The molecule has 17 heavy (non-hydrogen) atoms. The maximum absolute atomic E-state index is 12.0. The lowest BCUT2D eigenvalue weighted by Crippen LogP contribution is -2.42. The van der Waals surface area contributed by atoms with E-state index in [2.05, 4.69) is 25.0 Å². The molecule has 0 aliphatic carbocycles. The normalized spacial score (nSPS) is 11.3. The summed E-state index contributed by atoms with van der Waals surface area (Å²) in [4.78, 5) is 23.2. The van der Waals surface area contributed by atoms with E-state index in [1.54, 1.807) is 0 Å². The van der Waals surface area contributed by atoms with Crippen LogP contribution in [0.5, 0.6) is 0 Å². The molecule has 1 rings (SSSR count). The van der Waals surface area contributed by atoms with Crippen molar-refractivity contribution in [3.8, 4) is 0 Å². The number of hydrogen-bond acceptors (Lipinski definition) is 3. The average Bonchev–Trinajstić information content (AvgIpc) is 2.60. The van der Waals surface area contributed by atoms with E-state index in [1.165, 1.54) is 0 Å². The summed E-state index contributed by atoms with van der Waals surface area (Å²) in [6.45, 7) is 8.62. The van der Waals surface area contributed by atoms with Gasteiger partial charge in [-0.1, -0.05) is 19.6 Å². The van der Waals surface area contributed by atoms with Gasteiger partial charge in [-0.25, -0.2) is 4.79 Å². The van der Waals surface area contributed by atoms with Crippen LogP contribution in [0.3, 0.4) is 0 Å². The summed E-state index contributed by atoms with van der Waals surface area (Å²) in [6.07, 6.45) is 0. The second kappa shape index (κ2) is 5.01. The molecule has 0 saturated heterocycles. The molecule has 1 aromatic rings. The van der Waals surface area contributed by atoms with Gasteiger partial charge in [0.2, 0.25) is 0 Å². The molecule has 0 saturated carbocycles. The van der Waals surface area contributed by atoms with Crippen LogP contribution < -0.4 is 10.5 Å². The van der Waals surface area contributed by atoms with Gasteiger partial charge < -0.3 is 10.4 Å². The highest BCUT2D eigenvalue weighted by atomic mass is 32.1. The molecule has 1 amide bonds. The van der Waals surface area contributed by atoms with E-state index in [0.717, 1.165) is 16.5 Å². The van der Waals surface area contributed by atoms with Gasteiger partial charge in [-0.2, -0.15) is 0 Å². The molecule has 0 radical (unpaired) electrons. The van der Waals surface area contributed by atoms with E-state index >= 15 is 0 Å². The molecule has 1 aromatic heterocycles. The molecule has 0 aliphatic rings. The summed E-state index contributed by atoms with van der Waals surface area (Å²) in [5.74, 6) is -1.30. The Morgan fingerprint density at radius 1 is 1.41 bits per heavy atom. The molecule has 6 heteroatoms. The predicted octanol–water partition coefficient (Wildman–Crippen LogP) is 1.74. The quantitative estimate of drug-likeness (QED) is 0.820. The molecule has 2 N–H and O–H groups in total. The Morgan fingerprint density at radius 3 is 2.41 bits per heavy atom. The van der Waals surface area contributed by atoms with Crippen molar-refractivity contribution in [2.24, 2.45) is 0 Å². The van der Waals surface area contributed by atoms with Gasteiger partial charge in [-0.3, -0.25) is 4.79 Å². The molecule has 0 unspecified atom stereocenters. The zero-order valence-corrected chi connectivity index (χ0v) is 12.3. The Bertz CT molecular complexity index is 448. The number of carbonyl (C=O) groups is 2. The zero-order chi connectivity index (χ0) is 13.2. The third-order valence-electron chi connectivity index (χ3n) is 2.36. The van der Waals surface area contributed by atoms with Crippen LogP contribution in [0.1, 0.15) is 27.0 Å². The van der Waals surface area contributed by atoms with Gasteiger partial charge in [0.05, 0.1) is 13.6 Å². The van der Waals surface area contributed by atoms with Gasteiger partial charge >= 0.3 is 5.97 Å². The van der Waals surface area contributed by atoms with Gasteiger partial charge in [0.25, 0.3) is 5.91 Å². The lowest BCUT2D eigenvalue weighted by Gasteiger charge is -2.17. The number of nitrogens with one attached hydrogen (secondary N) is 1. The monoisotopic (exact) mass is 271 g/mol. The summed E-state index contributed by atoms with van der Waals surface area (Å²) in [5.41, 5.74) is 0.364. The standard InChI is InChI=1S/C11H17NO3SSi/c1-5-12-10(13)8-7(17(2,3)4)6-16-9(8)11(14)15/h6H,5H2,1-4H3,(H,12,13)(H,14,15). The fourth-order valence-corrected chi connectivity index (χ4v) is 4.99. The summed E-state index contributed by atoms with van der Waals surface area (Å²) in [6, 6.07) is 0. The lowest BCUT2D eigenvalue weighted by atomic mass is 10.2. The van der Waals surface area contributed by atoms with Crippen molar-refractivity contribution in [2.75, 3.05) is 6.54 Å². The highest BCUT2D eigenvalue weighted by Crippen LogP contribution is 2.19. The molecule has 0 aromatic carbocycles. The third-order valence-corrected chi connectivity index (χ3v) is 5.55. The van der Waals surface area contributed by atoms with Gasteiger partial charge in [-0.05, 0) is 17.5 Å². The van der Waals surface area contributed by atoms with Crippen LogP contribution >= 0.6 is 11.3 Å². The molecule has 0 atom stereocenters. The minimum atomic E-state index is -1.71. The second-order valence-corrected chi connectivity index (χ2v) is 10.7. The number of carbonyl (C=O) groups excluding carboxylic acids is 1. The highest BCUT2D eigenvalue weighted by Gasteiger charge is 2.29. The Balaban J connectivity index is 3.35. The number of carboxylic acids is 1. The lowest BCUT2D eigenvalue weighted by molar-refractivity contribution is 0.0697. The van der Waals surface area contributed by atoms with E-state index in [9.17, 15) is 9.59 Å². The first-order chi connectivity index (χ1) is 7.79. The van der Waals surface area contributed by atoms with Crippen molar-refractivity contribution < 1.29 is 14.7 Å². The summed E-state index contributed by atoms with van der Waals surface area (Å²) in [7, 11) is -1.71. The van der Waals surface area contributed by atoms with Crippen molar-refractivity contribution in [3.05, 3.63) is 15.8 Å². The van der Waals surface area contributed by atoms with E-state index in [0.29, 0.717) is 12.1 Å². The van der Waals surface area contributed by atoms with Crippen molar-refractivity contribution >= 4 is 36.5 Å². The first kappa shape index (κ1) is 13.9. The number of hydrogen-bond donors (Lipinski definition) is 2. The van der Waals surface area contributed by atoms with Crippen LogP contribution in [0, 0.1) is 0 Å². The maximum Gasteiger partial charge on any atom is 0.346 e. The molecule has 1 heterocycles. The minimum Gasteiger partial charge on any atom is -0.477 e. The van der Waals surface area contributed by atoms with Crippen LogP contribution in [0.25, 0.3) is 0 Å². The molecule has 0 bridgehead atoms. The van der Waals surface area contributed by atoms with Crippen LogP contribution in [0.4, 0.5) is 0 Å². The first-order valence-electron chi connectivity index (χ1n) is 5.42. The van der Waals surface area contributed by atoms with Crippen molar-refractivity contribution in [1.29, 1.82) is 0 Å². The number of aromatic carboxylic acids is 1. The molecular weight excluding hydrogens is 254 g/mol. The van der Waals surface area contributed by atoms with Gasteiger partial charge in [0, 0.05) is 6.54 Å². The molecule has 4 nitrogen and oxygen atoms in total. The van der Waals surface area contributed by atoms with Crippen LogP contribution in [-0.4, -0.2) is 31.6 Å². The largest absolute Gasteiger partial charge is 0.477 e. The molecule has 94 valence electrons. The molecule has 0 spiro atoms. The topological polar surface area (TPSA) is 66.4 Å². The summed E-state index contributed by atoms with van der Waals surface area (Å²) >= 11 is 1.14. The van der Waals surface area contributed by atoms with E-state index < -0.39 is 14.0 Å². The molecule has 0 aliphatic heterocycles. The highest BCUT2D eigenvalue weighted by molar-refractivity contribution is 7.14. The Hall–Kier alpha value is -1.14. The zero-order valence-electron chi connectivity index (χ0n) is 10.5. The van der Waals surface area contributed by atoms with E-state index in [-0.39, 0.29) is 10.8 Å².